The van der Waals surface area contributed by atoms with Gasteiger partial charge >= 0.3 is 0 Å². The van der Waals surface area contributed by atoms with Gasteiger partial charge in [0.15, 0.2) is 0 Å². The van der Waals surface area contributed by atoms with Gasteiger partial charge in [0.1, 0.15) is 9.84 Å². The summed E-state index contributed by atoms with van der Waals surface area (Å²) in [5, 5.41) is 0. The summed E-state index contributed by atoms with van der Waals surface area (Å²) in [5.74, 6) is -0.219. The van der Waals surface area contributed by atoms with Gasteiger partial charge in [0, 0.05) is 24.9 Å². The molecule has 0 amide bonds. The molecule has 17 heavy (non-hydrogen) atoms. The van der Waals surface area contributed by atoms with Gasteiger partial charge in [0.25, 0.3) is 0 Å². The van der Waals surface area contributed by atoms with Crippen molar-refractivity contribution in [2.75, 3.05) is 30.9 Å². The van der Waals surface area contributed by atoms with Crippen LogP contribution in [0.3, 0.4) is 0 Å². The SMILES string of the molecule is CS(=O)(=O)CCS(=O)(=O)N1CC(N)(C2CC2)C1. The van der Waals surface area contributed by atoms with Gasteiger partial charge in [-0.05, 0) is 18.8 Å². The average Bonchev–Trinajstić information content (AvgIpc) is 2.92. The first kappa shape index (κ1) is 13.3. The molecule has 100 valence electrons. The Labute approximate surface area is 102 Å². The van der Waals surface area contributed by atoms with E-state index in [9.17, 15) is 16.8 Å². The van der Waals surface area contributed by atoms with E-state index in [4.69, 9.17) is 5.73 Å². The zero-order valence-corrected chi connectivity index (χ0v) is 11.4. The summed E-state index contributed by atoms with van der Waals surface area (Å²) in [5.41, 5.74) is 5.69. The van der Waals surface area contributed by atoms with E-state index in [0.29, 0.717) is 19.0 Å². The van der Waals surface area contributed by atoms with E-state index in [1.165, 1.54) is 4.31 Å². The fraction of sp³-hybridized carbons (Fsp3) is 1.00. The Morgan fingerprint density at radius 3 is 2.12 bits per heavy atom. The van der Waals surface area contributed by atoms with Crippen LogP contribution in [-0.2, 0) is 19.9 Å². The molecule has 6 nitrogen and oxygen atoms in total. The number of hydrogen-bond donors (Lipinski definition) is 1. The van der Waals surface area contributed by atoms with Crippen LogP contribution in [0.4, 0.5) is 0 Å². The second-order valence-corrected chi connectivity index (χ2v) is 9.57. The van der Waals surface area contributed by atoms with Gasteiger partial charge in [-0.3, -0.25) is 0 Å². The van der Waals surface area contributed by atoms with Crippen molar-refractivity contribution in [2.45, 2.75) is 18.4 Å². The predicted molar refractivity (Wildman–Crippen MR) is 64.7 cm³/mol. The van der Waals surface area contributed by atoms with E-state index in [0.717, 1.165) is 19.1 Å². The van der Waals surface area contributed by atoms with Crippen molar-refractivity contribution in [3.63, 3.8) is 0 Å². The number of rotatable bonds is 5. The minimum Gasteiger partial charge on any atom is -0.323 e. The van der Waals surface area contributed by atoms with E-state index in [2.05, 4.69) is 0 Å². The van der Waals surface area contributed by atoms with Crippen molar-refractivity contribution in [3.8, 4) is 0 Å². The quantitative estimate of drug-likeness (QED) is 0.682. The number of sulfonamides is 1. The molecular formula is C9H18N2O4S2. The minimum absolute atomic E-state index is 0.327. The van der Waals surface area contributed by atoms with Gasteiger partial charge in [0.05, 0.1) is 11.5 Å². The first-order valence-corrected chi connectivity index (χ1v) is 9.24. The highest BCUT2D eigenvalue weighted by Gasteiger charge is 2.53. The maximum Gasteiger partial charge on any atom is 0.215 e. The molecule has 0 spiro atoms. The summed E-state index contributed by atoms with van der Waals surface area (Å²) in [6.07, 6.45) is 3.19. The number of hydrogen-bond acceptors (Lipinski definition) is 5. The third kappa shape index (κ3) is 2.98. The highest BCUT2D eigenvalue weighted by Crippen LogP contribution is 2.43. The molecular weight excluding hydrogens is 264 g/mol. The molecule has 1 saturated carbocycles. The van der Waals surface area contributed by atoms with E-state index >= 15 is 0 Å². The van der Waals surface area contributed by atoms with E-state index in [1.807, 2.05) is 0 Å². The molecule has 2 rings (SSSR count). The molecule has 0 bridgehead atoms. The predicted octanol–water partition coefficient (Wildman–Crippen LogP) is -1.22. The van der Waals surface area contributed by atoms with Crippen LogP contribution in [0.25, 0.3) is 0 Å². The second kappa shape index (κ2) is 3.91. The van der Waals surface area contributed by atoms with Crippen molar-refractivity contribution in [2.24, 2.45) is 11.7 Å². The molecule has 0 aromatic heterocycles. The molecule has 0 radical (unpaired) electrons. The van der Waals surface area contributed by atoms with Gasteiger partial charge in [-0.2, -0.15) is 4.31 Å². The van der Waals surface area contributed by atoms with Crippen molar-refractivity contribution in [3.05, 3.63) is 0 Å². The monoisotopic (exact) mass is 282 g/mol. The Morgan fingerprint density at radius 2 is 1.71 bits per heavy atom. The fourth-order valence-corrected chi connectivity index (χ4v) is 5.30. The highest BCUT2D eigenvalue weighted by molar-refractivity contribution is 7.93. The fourth-order valence-electron chi connectivity index (χ4n) is 2.11. The van der Waals surface area contributed by atoms with E-state index in [-0.39, 0.29) is 17.0 Å². The Morgan fingerprint density at radius 1 is 1.18 bits per heavy atom. The van der Waals surface area contributed by atoms with Crippen molar-refractivity contribution in [1.82, 2.24) is 4.31 Å². The lowest BCUT2D eigenvalue weighted by atomic mass is 9.88. The molecule has 2 fully saturated rings. The Hall–Kier alpha value is -0.180. The topological polar surface area (TPSA) is 97.5 Å². The summed E-state index contributed by atoms with van der Waals surface area (Å²) in [6, 6.07) is 0. The molecule has 0 unspecified atom stereocenters. The zero-order chi connectivity index (χ0) is 12.9. The molecule has 8 heteroatoms. The second-order valence-electron chi connectivity index (χ2n) is 5.22. The molecule has 0 aromatic carbocycles. The Kier molecular flexibility index (Phi) is 3.05. The molecule has 0 aromatic rings. The van der Waals surface area contributed by atoms with Crippen LogP contribution in [0, 0.1) is 5.92 Å². The van der Waals surface area contributed by atoms with Crippen molar-refractivity contribution < 1.29 is 16.8 Å². The third-order valence-corrected chi connectivity index (χ3v) is 6.41. The van der Waals surface area contributed by atoms with Crippen LogP contribution in [0.15, 0.2) is 0 Å². The van der Waals surface area contributed by atoms with Crippen molar-refractivity contribution >= 4 is 19.9 Å². The van der Waals surface area contributed by atoms with Gasteiger partial charge in [-0.1, -0.05) is 0 Å². The van der Waals surface area contributed by atoms with Gasteiger partial charge in [0.2, 0.25) is 10.0 Å². The normalized spacial score (nSPS) is 25.5. The summed E-state index contributed by atoms with van der Waals surface area (Å²) < 4.78 is 46.8. The molecule has 1 saturated heterocycles. The van der Waals surface area contributed by atoms with Crippen LogP contribution >= 0.6 is 0 Å². The summed E-state index contributed by atoms with van der Waals surface area (Å²) in [6.45, 7) is 0.674. The van der Waals surface area contributed by atoms with Gasteiger partial charge < -0.3 is 5.73 Å². The standard InChI is InChI=1S/C9H18N2O4S2/c1-16(12,13)4-5-17(14,15)11-6-9(10,7-11)8-2-3-8/h8H,2-7,10H2,1H3. The lowest BCUT2D eigenvalue weighted by Crippen LogP contribution is -2.70. The maximum atomic E-state index is 11.8. The summed E-state index contributed by atoms with van der Waals surface area (Å²) in [4.78, 5) is 0. The van der Waals surface area contributed by atoms with Crippen LogP contribution in [0.5, 0.6) is 0 Å². The smallest absolute Gasteiger partial charge is 0.215 e. The minimum atomic E-state index is -3.46. The number of nitrogens with two attached hydrogens (primary N) is 1. The van der Waals surface area contributed by atoms with Gasteiger partial charge in [-0.15, -0.1) is 0 Å². The zero-order valence-electron chi connectivity index (χ0n) is 9.79. The van der Waals surface area contributed by atoms with Gasteiger partial charge in [-0.25, -0.2) is 16.8 Å². The summed E-state index contributed by atoms with van der Waals surface area (Å²) in [7, 11) is -6.70. The first-order chi connectivity index (χ1) is 7.62. The molecule has 2 aliphatic rings. The third-order valence-electron chi connectivity index (χ3n) is 3.44. The first-order valence-electron chi connectivity index (χ1n) is 5.57. The largest absolute Gasteiger partial charge is 0.323 e. The maximum absolute atomic E-state index is 11.8. The van der Waals surface area contributed by atoms with Crippen LogP contribution in [-0.4, -0.2) is 57.5 Å². The molecule has 2 N–H and O–H groups in total. The van der Waals surface area contributed by atoms with Crippen LogP contribution in [0.1, 0.15) is 12.8 Å². The lowest BCUT2D eigenvalue weighted by molar-refractivity contribution is 0.135. The molecule has 1 heterocycles. The van der Waals surface area contributed by atoms with E-state index < -0.39 is 19.9 Å². The average molecular weight is 282 g/mol. The van der Waals surface area contributed by atoms with E-state index in [1.54, 1.807) is 0 Å². The molecule has 1 aliphatic carbocycles. The molecule has 1 aliphatic heterocycles. The Balaban J connectivity index is 1.91. The Bertz CT molecular complexity index is 501. The number of nitrogens with zero attached hydrogens (tertiary/aromatic N) is 1. The van der Waals surface area contributed by atoms with Crippen molar-refractivity contribution in [1.29, 1.82) is 0 Å². The molecule has 0 atom stereocenters. The van der Waals surface area contributed by atoms with Crippen LogP contribution in [0.2, 0.25) is 0 Å². The summed E-state index contributed by atoms with van der Waals surface area (Å²) >= 11 is 0. The lowest BCUT2D eigenvalue weighted by Gasteiger charge is -2.47. The number of sulfone groups is 1. The van der Waals surface area contributed by atoms with Crippen LogP contribution < -0.4 is 5.73 Å². The highest BCUT2D eigenvalue weighted by atomic mass is 32.2.